The fourth-order valence-corrected chi connectivity index (χ4v) is 4.00. The molecule has 2 aliphatic heterocycles. The van der Waals surface area contributed by atoms with Crippen LogP contribution < -0.4 is 15.0 Å². The van der Waals surface area contributed by atoms with E-state index in [9.17, 15) is 9.59 Å². The molecule has 1 fully saturated rings. The number of carbonyl (C=O) groups is 2. The molecule has 2 aromatic rings. The third kappa shape index (κ3) is 5.66. The number of fused-ring (bicyclic) bond motifs is 1. The SMILES string of the molecule is O=C(/C=C/c1ccc2c(c1)CCO2)NCCCC(=O)N1CCN(c2ccccc2)CC1. The molecule has 1 N–H and O–H groups in total. The van der Waals surface area contributed by atoms with E-state index in [-0.39, 0.29) is 11.8 Å². The van der Waals surface area contributed by atoms with Gasteiger partial charge in [0.2, 0.25) is 11.8 Å². The Morgan fingerprint density at radius 1 is 1.03 bits per heavy atom. The van der Waals surface area contributed by atoms with Crippen LogP contribution in [0.3, 0.4) is 0 Å². The number of rotatable bonds is 7. The van der Waals surface area contributed by atoms with Gasteiger partial charge in [-0.2, -0.15) is 0 Å². The Hall–Kier alpha value is -3.28. The van der Waals surface area contributed by atoms with Crippen LogP contribution in [0.15, 0.2) is 54.6 Å². The van der Waals surface area contributed by atoms with Crippen LogP contribution in [0.1, 0.15) is 24.0 Å². The van der Waals surface area contributed by atoms with E-state index in [1.807, 2.05) is 41.3 Å². The second kappa shape index (κ2) is 10.2. The number of anilines is 1. The number of nitrogens with zero attached hydrogens (tertiary/aromatic N) is 2. The highest BCUT2D eigenvalue weighted by Crippen LogP contribution is 2.26. The highest BCUT2D eigenvalue weighted by atomic mass is 16.5. The van der Waals surface area contributed by atoms with Gasteiger partial charge >= 0.3 is 0 Å². The molecule has 0 saturated carbocycles. The van der Waals surface area contributed by atoms with E-state index in [1.165, 1.54) is 11.3 Å². The summed E-state index contributed by atoms with van der Waals surface area (Å²) in [5, 5.41) is 2.86. The van der Waals surface area contributed by atoms with Gasteiger partial charge in [0.25, 0.3) is 0 Å². The van der Waals surface area contributed by atoms with Gasteiger partial charge in [0.15, 0.2) is 0 Å². The lowest BCUT2D eigenvalue weighted by Crippen LogP contribution is -2.48. The molecule has 0 aliphatic carbocycles. The smallest absolute Gasteiger partial charge is 0.243 e. The zero-order valence-electron chi connectivity index (χ0n) is 17.8. The Balaban J connectivity index is 1.13. The third-order valence-corrected chi connectivity index (χ3v) is 5.76. The Labute approximate surface area is 183 Å². The molecule has 31 heavy (non-hydrogen) atoms. The average molecular weight is 420 g/mol. The molecule has 0 atom stereocenters. The van der Waals surface area contributed by atoms with Crippen LogP contribution in [0.5, 0.6) is 5.75 Å². The summed E-state index contributed by atoms with van der Waals surface area (Å²) in [7, 11) is 0. The van der Waals surface area contributed by atoms with Crippen molar-refractivity contribution in [1.82, 2.24) is 10.2 Å². The van der Waals surface area contributed by atoms with E-state index in [2.05, 4.69) is 28.4 Å². The molecule has 1 saturated heterocycles. The molecular formula is C25H29N3O3. The molecule has 0 radical (unpaired) electrons. The first-order valence-corrected chi connectivity index (χ1v) is 11.0. The molecule has 162 valence electrons. The highest BCUT2D eigenvalue weighted by Gasteiger charge is 2.20. The van der Waals surface area contributed by atoms with Crippen LogP contribution in [-0.4, -0.2) is 56.0 Å². The molecule has 0 unspecified atom stereocenters. The number of carbonyl (C=O) groups excluding carboxylic acids is 2. The molecule has 6 nitrogen and oxygen atoms in total. The maximum Gasteiger partial charge on any atom is 0.243 e. The molecule has 4 rings (SSSR count). The lowest BCUT2D eigenvalue weighted by atomic mass is 10.1. The van der Waals surface area contributed by atoms with Crippen molar-refractivity contribution < 1.29 is 14.3 Å². The van der Waals surface area contributed by atoms with Gasteiger partial charge in [0, 0.05) is 57.3 Å². The second-order valence-electron chi connectivity index (χ2n) is 7.90. The Morgan fingerprint density at radius 2 is 1.84 bits per heavy atom. The van der Waals surface area contributed by atoms with Gasteiger partial charge in [0.1, 0.15) is 5.75 Å². The predicted molar refractivity (Wildman–Crippen MR) is 122 cm³/mol. The normalized spacial score (nSPS) is 15.6. The largest absolute Gasteiger partial charge is 0.493 e. The molecule has 2 heterocycles. The number of ether oxygens (including phenoxy) is 1. The van der Waals surface area contributed by atoms with Gasteiger partial charge in [-0.1, -0.05) is 24.3 Å². The van der Waals surface area contributed by atoms with Gasteiger partial charge in [-0.15, -0.1) is 0 Å². The van der Waals surface area contributed by atoms with Crippen molar-refractivity contribution in [2.45, 2.75) is 19.3 Å². The summed E-state index contributed by atoms with van der Waals surface area (Å²) in [5.74, 6) is 0.964. The third-order valence-electron chi connectivity index (χ3n) is 5.76. The number of para-hydroxylation sites is 1. The van der Waals surface area contributed by atoms with Crippen LogP contribution in [0.2, 0.25) is 0 Å². The van der Waals surface area contributed by atoms with Crippen molar-refractivity contribution in [2.75, 3.05) is 44.2 Å². The first-order chi connectivity index (χ1) is 15.2. The van der Waals surface area contributed by atoms with Crippen molar-refractivity contribution in [3.63, 3.8) is 0 Å². The lowest BCUT2D eigenvalue weighted by molar-refractivity contribution is -0.131. The lowest BCUT2D eigenvalue weighted by Gasteiger charge is -2.36. The van der Waals surface area contributed by atoms with E-state index >= 15 is 0 Å². The Bertz CT molecular complexity index is 934. The molecular weight excluding hydrogens is 390 g/mol. The quantitative estimate of drug-likeness (QED) is 0.554. The van der Waals surface area contributed by atoms with E-state index in [0.29, 0.717) is 19.4 Å². The van der Waals surface area contributed by atoms with E-state index in [4.69, 9.17) is 4.74 Å². The van der Waals surface area contributed by atoms with Crippen LogP contribution in [-0.2, 0) is 16.0 Å². The zero-order valence-corrected chi connectivity index (χ0v) is 17.8. The maximum atomic E-state index is 12.5. The van der Waals surface area contributed by atoms with Crippen LogP contribution in [0, 0.1) is 0 Å². The maximum absolute atomic E-state index is 12.5. The minimum atomic E-state index is -0.138. The summed E-state index contributed by atoms with van der Waals surface area (Å²) < 4.78 is 5.50. The molecule has 0 aromatic heterocycles. The minimum Gasteiger partial charge on any atom is -0.493 e. The van der Waals surface area contributed by atoms with Crippen molar-refractivity contribution in [3.05, 3.63) is 65.7 Å². The number of hydrogen-bond donors (Lipinski definition) is 1. The van der Waals surface area contributed by atoms with Crippen molar-refractivity contribution >= 4 is 23.6 Å². The summed E-state index contributed by atoms with van der Waals surface area (Å²) in [5.41, 5.74) is 3.38. The minimum absolute atomic E-state index is 0.138. The van der Waals surface area contributed by atoms with Crippen LogP contribution in [0.25, 0.3) is 6.08 Å². The zero-order chi connectivity index (χ0) is 21.5. The second-order valence-corrected chi connectivity index (χ2v) is 7.90. The summed E-state index contributed by atoms with van der Waals surface area (Å²) >= 11 is 0. The van der Waals surface area contributed by atoms with Crippen molar-refractivity contribution in [3.8, 4) is 5.75 Å². The monoisotopic (exact) mass is 419 g/mol. The van der Waals surface area contributed by atoms with Gasteiger partial charge in [0.05, 0.1) is 6.61 Å². The summed E-state index contributed by atoms with van der Waals surface area (Å²) in [6, 6.07) is 16.3. The first kappa shape index (κ1) is 21.0. The molecule has 2 aromatic carbocycles. The number of amides is 2. The van der Waals surface area contributed by atoms with Crippen molar-refractivity contribution in [2.24, 2.45) is 0 Å². The summed E-state index contributed by atoms with van der Waals surface area (Å²) in [6.07, 6.45) is 5.37. The van der Waals surface area contributed by atoms with Gasteiger partial charge in [-0.25, -0.2) is 0 Å². The number of benzene rings is 2. The Morgan fingerprint density at radius 3 is 2.65 bits per heavy atom. The highest BCUT2D eigenvalue weighted by molar-refractivity contribution is 5.91. The molecule has 6 heteroatoms. The summed E-state index contributed by atoms with van der Waals surface area (Å²) in [6.45, 7) is 4.42. The molecule has 2 amide bonds. The standard InChI is InChI=1S/C25H29N3O3/c29-24(11-9-20-8-10-23-21(19-20)12-18-31-23)26-13-4-7-25(30)28-16-14-27(15-17-28)22-5-2-1-3-6-22/h1-3,5-6,8-11,19H,4,7,12-18H2,(H,26,29)/b11-9+. The predicted octanol–water partition coefficient (Wildman–Crippen LogP) is 2.88. The van der Waals surface area contributed by atoms with Gasteiger partial charge in [-0.3, -0.25) is 9.59 Å². The first-order valence-electron chi connectivity index (χ1n) is 11.0. The van der Waals surface area contributed by atoms with Gasteiger partial charge < -0.3 is 19.9 Å². The van der Waals surface area contributed by atoms with Crippen molar-refractivity contribution in [1.29, 1.82) is 0 Å². The topological polar surface area (TPSA) is 61.9 Å². The van der Waals surface area contributed by atoms with E-state index < -0.39 is 0 Å². The van der Waals surface area contributed by atoms with Crippen LogP contribution >= 0.6 is 0 Å². The number of nitrogens with one attached hydrogen (secondary N) is 1. The average Bonchev–Trinajstić information content (AvgIpc) is 3.29. The van der Waals surface area contributed by atoms with E-state index in [0.717, 1.165) is 50.5 Å². The fourth-order valence-electron chi connectivity index (χ4n) is 4.00. The molecule has 2 aliphatic rings. The fraction of sp³-hybridized carbons (Fsp3) is 0.360. The molecule has 0 bridgehead atoms. The molecule has 0 spiro atoms. The van der Waals surface area contributed by atoms with E-state index in [1.54, 1.807) is 6.08 Å². The number of hydrogen-bond acceptors (Lipinski definition) is 4. The number of piperazine rings is 1. The summed E-state index contributed by atoms with van der Waals surface area (Å²) in [4.78, 5) is 28.7. The Kier molecular flexibility index (Phi) is 6.87. The van der Waals surface area contributed by atoms with Gasteiger partial charge in [-0.05, 0) is 47.9 Å². The van der Waals surface area contributed by atoms with Crippen LogP contribution in [0.4, 0.5) is 5.69 Å².